The molecule has 0 saturated carbocycles. The van der Waals surface area contributed by atoms with Gasteiger partial charge in [-0.25, -0.2) is 14.5 Å². The molecule has 106 valence electrons. The summed E-state index contributed by atoms with van der Waals surface area (Å²) in [5.41, 5.74) is 6.65. The predicted octanol–water partition coefficient (Wildman–Crippen LogP) is 1.25. The monoisotopic (exact) mass is 276 g/mol. The number of ether oxygens (including phenoxy) is 2. The Hall–Kier alpha value is -2.57. The Morgan fingerprint density at radius 2 is 2.25 bits per heavy atom. The van der Waals surface area contributed by atoms with E-state index < -0.39 is 5.97 Å². The zero-order valence-electron chi connectivity index (χ0n) is 11.4. The van der Waals surface area contributed by atoms with Crippen molar-refractivity contribution >= 4 is 11.7 Å². The molecule has 0 aliphatic rings. The molecule has 7 heteroatoms. The van der Waals surface area contributed by atoms with Crippen LogP contribution in [0.15, 0.2) is 24.5 Å². The summed E-state index contributed by atoms with van der Waals surface area (Å²) in [5, 5.41) is 4.05. The molecule has 0 radical (unpaired) electrons. The maximum Gasteiger partial charge on any atom is 0.337 e. The maximum absolute atomic E-state index is 11.5. The minimum absolute atomic E-state index is 0.225. The van der Waals surface area contributed by atoms with Crippen molar-refractivity contribution in [1.82, 2.24) is 14.8 Å². The van der Waals surface area contributed by atoms with Gasteiger partial charge in [-0.1, -0.05) is 0 Å². The molecule has 1 aromatic carbocycles. The molecule has 2 N–H and O–H groups in total. The number of benzene rings is 1. The summed E-state index contributed by atoms with van der Waals surface area (Å²) >= 11 is 0. The van der Waals surface area contributed by atoms with Gasteiger partial charge in [-0.2, -0.15) is 5.10 Å². The zero-order valence-corrected chi connectivity index (χ0v) is 11.4. The van der Waals surface area contributed by atoms with E-state index in [1.54, 1.807) is 22.9 Å². The van der Waals surface area contributed by atoms with Gasteiger partial charge in [-0.05, 0) is 25.1 Å². The topological polar surface area (TPSA) is 92.3 Å². The van der Waals surface area contributed by atoms with E-state index in [-0.39, 0.29) is 6.61 Å². The highest BCUT2D eigenvalue weighted by Gasteiger charge is 2.10. The number of carbonyl (C=O) groups excluding carboxylic acids is 1. The number of esters is 1. The fourth-order valence-corrected chi connectivity index (χ4v) is 1.71. The molecule has 2 aromatic rings. The van der Waals surface area contributed by atoms with Crippen LogP contribution in [0.25, 0.3) is 0 Å². The summed E-state index contributed by atoms with van der Waals surface area (Å²) in [5.74, 6) is 0.667. The molecule has 1 heterocycles. The van der Waals surface area contributed by atoms with E-state index in [9.17, 15) is 4.79 Å². The second-order valence-electron chi connectivity index (χ2n) is 4.02. The van der Waals surface area contributed by atoms with Crippen LogP contribution in [-0.4, -0.2) is 27.8 Å². The molecule has 0 aliphatic heterocycles. The lowest BCUT2D eigenvalue weighted by Gasteiger charge is -2.10. The predicted molar refractivity (Wildman–Crippen MR) is 72.2 cm³/mol. The van der Waals surface area contributed by atoms with Crippen molar-refractivity contribution in [3.05, 3.63) is 35.9 Å². The molecule has 0 spiro atoms. The van der Waals surface area contributed by atoms with Gasteiger partial charge in [0.15, 0.2) is 5.82 Å². The number of carbonyl (C=O) groups is 1. The second kappa shape index (κ2) is 6.05. The Labute approximate surface area is 116 Å². The van der Waals surface area contributed by atoms with E-state index in [1.165, 1.54) is 13.4 Å². The van der Waals surface area contributed by atoms with Crippen molar-refractivity contribution in [2.75, 3.05) is 12.8 Å². The van der Waals surface area contributed by atoms with E-state index in [4.69, 9.17) is 10.5 Å². The summed E-state index contributed by atoms with van der Waals surface area (Å²) < 4.78 is 12.0. The van der Waals surface area contributed by atoms with Gasteiger partial charge < -0.3 is 15.2 Å². The number of hydrogen-bond donors (Lipinski definition) is 1. The Bertz CT molecular complexity index is 609. The van der Waals surface area contributed by atoms with Gasteiger partial charge >= 0.3 is 5.97 Å². The van der Waals surface area contributed by atoms with Crippen LogP contribution in [0.2, 0.25) is 0 Å². The Morgan fingerprint density at radius 1 is 1.45 bits per heavy atom. The quantitative estimate of drug-likeness (QED) is 0.652. The van der Waals surface area contributed by atoms with Crippen molar-refractivity contribution in [3.8, 4) is 5.75 Å². The summed E-state index contributed by atoms with van der Waals surface area (Å²) in [6.07, 6.45) is 1.47. The molecule has 20 heavy (non-hydrogen) atoms. The fourth-order valence-electron chi connectivity index (χ4n) is 1.71. The van der Waals surface area contributed by atoms with Gasteiger partial charge in [0.1, 0.15) is 18.7 Å². The first-order chi connectivity index (χ1) is 9.65. The third-order valence-electron chi connectivity index (χ3n) is 2.79. The van der Waals surface area contributed by atoms with Crippen molar-refractivity contribution in [3.63, 3.8) is 0 Å². The SMILES string of the molecule is CCn1ncnc1COc1cc(C(=O)OC)ccc1N. The van der Waals surface area contributed by atoms with Gasteiger partial charge in [0.05, 0.1) is 18.4 Å². The number of methoxy groups -OCH3 is 1. The van der Waals surface area contributed by atoms with Crippen molar-refractivity contribution in [1.29, 1.82) is 0 Å². The summed E-state index contributed by atoms with van der Waals surface area (Å²) in [6, 6.07) is 4.74. The highest BCUT2D eigenvalue weighted by Crippen LogP contribution is 2.24. The highest BCUT2D eigenvalue weighted by molar-refractivity contribution is 5.90. The number of nitrogens with zero attached hydrogens (tertiary/aromatic N) is 3. The van der Waals surface area contributed by atoms with Crippen LogP contribution in [0.5, 0.6) is 5.75 Å². The van der Waals surface area contributed by atoms with E-state index in [1.807, 2.05) is 6.92 Å². The summed E-state index contributed by atoms with van der Waals surface area (Å²) in [6.45, 7) is 2.89. The van der Waals surface area contributed by atoms with Crippen molar-refractivity contribution in [2.45, 2.75) is 20.1 Å². The van der Waals surface area contributed by atoms with Gasteiger partial charge in [0.2, 0.25) is 0 Å². The zero-order chi connectivity index (χ0) is 14.5. The standard InChI is InChI=1S/C13H16N4O3/c1-3-17-12(15-8-16-17)7-20-11-6-9(13(18)19-2)4-5-10(11)14/h4-6,8H,3,7,14H2,1-2H3. The third kappa shape index (κ3) is 2.87. The van der Waals surface area contributed by atoms with Crippen LogP contribution in [0.4, 0.5) is 5.69 Å². The maximum atomic E-state index is 11.5. The van der Waals surface area contributed by atoms with E-state index in [2.05, 4.69) is 14.8 Å². The van der Waals surface area contributed by atoms with E-state index in [0.29, 0.717) is 29.4 Å². The fraction of sp³-hybridized carbons (Fsp3) is 0.308. The van der Waals surface area contributed by atoms with Crippen molar-refractivity contribution < 1.29 is 14.3 Å². The number of nitrogens with two attached hydrogens (primary N) is 1. The number of aromatic nitrogens is 3. The summed E-state index contributed by atoms with van der Waals surface area (Å²) in [7, 11) is 1.32. The Balaban J connectivity index is 2.14. The van der Waals surface area contributed by atoms with E-state index >= 15 is 0 Å². The molecule has 7 nitrogen and oxygen atoms in total. The first kappa shape index (κ1) is 13.9. The van der Waals surface area contributed by atoms with Gasteiger partial charge in [0, 0.05) is 6.54 Å². The molecule has 2 rings (SSSR count). The number of rotatable bonds is 5. The molecule has 0 amide bonds. The molecular formula is C13H16N4O3. The van der Waals surface area contributed by atoms with Gasteiger partial charge in [-0.3, -0.25) is 0 Å². The summed E-state index contributed by atoms with van der Waals surface area (Å²) in [4.78, 5) is 15.6. The molecule has 0 fully saturated rings. The molecule has 0 bridgehead atoms. The van der Waals surface area contributed by atoms with Crippen LogP contribution in [0.1, 0.15) is 23.1 Å². The minimum Gasteiger partial charge on any atom is -0.483 e. The van der Waals surface area contributed by atoms with E-state index in [0.717, 1.165) is 0 Å². The second-order valence-corrected chi connectivity index (χ2v) is 4.02. The highest BCUT2D eigenvalue weighted by atomic mass is 16.5. The Kier molecular flexibility index (Phi) is 4.19. The third-order valence-corrected chi connectivity index (χ3v) is 2.79. The molecular weight excluding hydrogens is 260 g/mol. The number of aryl methyl sites for hydroxylation is 1. The average molecular weight is 276 g/mol. The van der Waals surface area contributed by atoms with Crippen LogP contribution < -0.4 is 10.5 Å². The average Bonchev–Trinajstić information content (AvgIpc) is 2.93. The first-order valence-corrected chi connectivity index (χ1v) is 6.13. The molecule has 0 aliphatic carbocycles. The molecule has 0 saturated heterocycles. The smallest absolute Gasteiger partial charge is 0.337 e. The van der Waals surface area contributed by atoms with Crippen LogP contribution in [-0.2, 0) is 17.9 Å². The molecule has 1 aromatic heterocycles. The minimum atomic E-state index is -0.438. The van der Waals surface area contributed by atoms with Crippen LogP contribution in [0, 0.1) is 0 Å². The van der Waals surface area contributed by atoms with Crippen LogP contribution in [0.3, 0.4) is 0 Å². The number of nitrogen functional groups attached to an aromatic ring is 1. The largest absolute Gasteiger partial charge is 0.483 e. The normalized spacial score (nSPS) is 10.3. The lowest BCUT2D eigenvalue weighted by molar-refractivity contribution is 0.0600. The Morgan fingerprint density at radius 3 is 2.95 bits per heavy atom. The lowest BCUT2D eigenvalue weighted by atomic mass is 10.2. The van der Waals surface area contributed by atoms with Gasteiger partial charge in [-0.15, -0.1) is 0 Å². The number of hydrogen-bond acceptors (Lipinski definition) is 6. The molecule has 0 atom stereocenters. The number of anilines is 1. The molecule has 0 unspecified atom stereocenters. The first-order valence-electron chi connectivity index (χ1n) is 6.13. The van der Waals surface area contributed by atoms with Crippen LogP contribution >= 0.6 is 0 Å². The van der Waals surface area contributed by atoms with Gasteiger partial charge in [0.25, 0.3) is 0 Å². The lowest BCUT2D eigenvalue weighted by Crippen LogP contribution is -2.09. The van der Waals surface area contributed by atoms with Crippen molar-refractivity contribution in [2.24, 2.45) is 0 Å².